The topological polar surface area (TPSA) is 122 Å². The highest BCUT2D eigenvalue weighted by atomic mass is 32.2. The molecule has 0 aliphatic rings. The zero-order valence-electron chi connectivity index (χ0n) is 21.5. The molecule has 0 bridgehead atoms. The molecule has 0 saturated carbocycles. The SMILES string of the molecule is CC(C)CN(C[C@@H](O)[C@@H](C)Cc1ccccc1)S(=O)(=O)c1ccc(NC(=O)OC(C)(C)C)c(N)c1. The number of nitrogens with one attached hydrogen (secondary N) is 1. The fourth-order valence-corrected chi connectivity index (χ4v) is 5.22. The minimum atomic E-state index is -3.94. The van der Waals surface area contributed by atoms with Gasteiger partial charge in [-0.15, -0.1) is 0 Å². The lowest BCUT2D eigenvalue weighted by atomic mass is 9.96. The van der Waals surface area contributed by atoms with Crippen molar-refractivity contribution < 1.29 is 23.1 Å². The van der Waals surface area contributed by atoms with Crippen molar-refractivity contribution in [3.63, 3.8) is 0 Å². The van der Waals surface area contributed by atoms with Crippen molar-refractivity contribution in [3.05, 3.63) is 54.1 Å². The number of nitrogens with two attached hydrogens (primary N) is 1. The number of nitrogen functional groups attached to an aromatic ring is 1. The van der Waals surface area contributed by atoms with Gasteiger partial charge in [-0.25, -0.2) is 13.2 Å². The van der Waals surface area contributed by atoms with Crippen molar-refractivity contribution in [2.75, 3.05) is 24.1 Å². The van der Waals surface area contributed by atoms with Crippen LogP contribution in [-0.2, 0) is 21.2 Å². The third-order valence-corrected chi connectivity index (χ3v) is 7.14. The fourth-order valence-electron chi connectivity index (χ4n) is 3.57. The van der Waals surface area contributed by atoms with Gasteiger partial charge in [0.05, 0.1) is 22.4 Å². The van der Waals surface area contributed by atoms with E-state index >= 15 is 0 Å². The number of aliphatic hydroxyl groups excluding tert-OH is 1. The minimum absolute atomic E-state index is 0.00620. The molecule has 0 saturated heterocycles. The quantitative estimate of drug-likeness (QED) is 0.409. The van der Waals surface area contributed by atoms with Gasteiger partial charge in [-0.1, -0.05) is 51.1 Å². The number of hydrogen-bond donors (Lipinski definition) is 3. The van der Waals surface area contributed by atoms with Crippen molar-refractivity contribution in [2.45, 2.75) is 64.6 Å². The largest absolute Gasteiger partial charge is 0.444 e. The number of ether oxygens (including phenoxy) is 1. The molecular formula is C26H39N3O5S. The lowest BCUT2D eigenvalue weighted by Gasteiger charge is -2.29. The predicted octanol–water partition coefficient (Wildman–Crippen LogP) is 4.50. The molecule has 9 heteroatoms. The van der Waals surface area contributed by atoms with Gasteiger partial charge in [0.1, 0.15) is 5.60 Å². The Morgan fingerprint density at radius 1 is 1.09 bits per heavy atom. The van der Waals surface area contributed by atoms with Crippen LogP contribution in [0.5, 0.6) is 0 Å². The summed E-state index contributed by atoms with van der Waals surface area (Å²) in [5.41, 5.74) is 6.81. The molecule has 0 radical (unpaired) electrons. The Labute approximate surface area is 209 Å². The average Bonchev–Trinajstić information content (AvgIpc) is 2.73. The number of rotatable bonds is 10. The number of nitrogens with zero attached hydrogens (tertiary/aromatic N) is 1. The van der Waals surface area contributed by atoms with Gasteiger partial charge in [-0.05, 0) is 62.8 Å². The first-order valence-corrected chi connectivity index (χ1v) is 13.2. The highest BCUT2D eigenvalue weighted by Gasteiger charge is 2.30. The molecule has 4 N–H and O–H groups in total. The molecule has 0 fully saturated rings. The Morgan fingerprint density at radius 3 is 2.26 bits per heavy atom. The van der Waals surface area contributed by atoms with E-state index in [9.17, 15) is 18.3 Å². The van der Waals surface area contributed by atoms with Crippen LogP contribution in [-0.4, -0.2) is 48.7 Å². The number of anilines is 2. The Hall–Kier alpha value is -2.62. The smallest absolute Gasteiger partial charge is 0.412 e. The highest BCUT2D eigenvalue weighted by molar-refractivity contribution is 7.89. The van der Waals surface area contributed by atoms with Crippen LogP contribution in [0.2, 0.25) is 0 Å². The van der Waals surface area contributed by atoms with Gasteiger partial charge in [-0.3, -0.25) is 5.32 Å². The van der Waals surface area contributed by atoms with Gasteiger partial charge in [0.25, 0.3) is 0 Å². The maximum Gasteiger partial charge on any atom is 0.412 e. The summed E-state index contributed by atoms with van der Waals surface area (Å²) in [6.07, 6.45) is -0.902. The van der Waals surface area contributed by atoms with Gasteiger partial charge < -0.3 is 15.6 Å². The maximum atomic E-state index is 13.5. The van der Waals surface area contributed by atoms with E-state index in [0.29, 0.717) is 6.42 Å². The molecule has 0 aliphatic heterocycles. The first-order chi connectivity index (χ1) is 16.2. The van der Waals surface area contributed by atoms with E-state index in [1.807, 2.05) is 51.1 Å². The molecule has 0 aliphatic carbocycles. The summed E-state index contributed by atoms with van der Waals surface area (Å²) in [5, 5.41) is 13.4. The molecule has 194 valence electrons. The number of amides is 1. The van der Waals surface area contributed by atoms with Gasteiger partial charge in [0.2, 0.25) is 10.0 Å². The second-order valence-corrected chi connectivity index (χ2v) is 12.3. The van der Waals surface area contributed by atoms with Gasteiger partial charge in [0.15, 0.2) is 0 Å². The molecule has 0 unspecified atom stereocenters. The van der Waals surface area contributed by atoms with Crippen molar-refractivity contribution in [3.8, 4) is 0 Å². The molecule has 2 aromatic carbocycles. The Balaban J connectivity index is 2.21. The van der Waals surface area contributed by atoms with Crippen molar-refractivity contribution in [1.82, 2.24) is 4.31 Å². The van der Waals surface area contributed by atoms with E-state index in [1.165, 1.54) is 22.5 Å². The maximum absolute atomic E-state index is 13.5. The third kappa shape index (κ3) is 8.83. The molecule has 2 rings (SSSR count). The molecule has 8 nitrogen and oxygen atoms in total. The second-order valence-electron chi connectivity index (χ2n) is 10.3. The number of aliphatic hydroxyl groups is 1. The third-order valence-electron chi connectivity index (χ3n) is 5.31. The summed E-state index contributed by atoms with van der Waals surface area (Å²) in [4.78, 5) is 12.1. The summed E-state index contributed by atoms with van der Waals surface area (Å²) < 4.78 is 33.5. The molecule has 35 heavy (non-hydrogen) atoms. The number of benzene rings is 2. The molecule has 0 aromatic heterocycles. The number of sulfonamides is 1. The fraction of sp³-hybridized carbons (Fsp3) is 0.500. The number of carbonyl (C=O) groups is 1. The summed E-state index contributed by atoms with van der Waals surface area (Å²) in [6, 6.07) is 13.9. The zero-order valence-corrected chi connectivity index (χ0v) is 22.3. The van der Waals surface area contributed by atoms with Crippen LogP contribution in [0.25, 0.3) is 0 Å². The van der Waals surface area contributed by atoms with E-state index < -0.39 is 27.8 Å². The van der Waals surface area contributed by atoms with Crippen molar-refractivity contribution in [1.29, 1.82) is 0 Å². The van der Waals surface area contributed by atoms with Crippen LogP contribution in [0, 0.1) is 11.8 Å². The van der Waals surface area contributed by atoms with Crippen molar-refractivity contribution in [2.24, 2.45) is 11.8 Å². The van der Waals surface area contributed by atoms with Crippen molar-refractivity contribution >= 4 is 27.5 Å². The van der Waals surface area contributed by atoms with Crippen LogP contribution in [0.15, 0.2) is 53.4 Å². The summed E-state index contributed by atoms with van der Waals surface area (Å²) in [5.74, 6) is -0.0976. The van der Waals surface area contributed by atoms with Gasteiger partial charge in [-0.2, -0.15) is 4.31 Å². The van der Waals surface area contributed by atoms with E-state index in [1.54, 1.807) is 20.8 Å². The van der Waals surface area contributed by atoms with Gasteiger partial charge in [0, 0.05) is 13.1 Å². The standard InChI is InChI=1S/C26H39N3O5S/c1-18(2)16-29(17-24(30)19(3)14-20-10-8-7-9-11-20)35(32,33)21-12-13-23(22(27)15-21)28-25(31)34-26(4,5)6/h7-13,15,18-19,24,30H,14,16-17,27H2,1-6H3,(H,28,31)/t19-,24+/m0/s1. The molecular weight excluding hydrogens is 466 g/mol. The van der Waals surface area contributed by atoms with Crippen LogP contribution in [0.3, 0.4) is 0 Å². The van der Waals surface area contributed by atoms with Crippen LogP contribution in [0.1, 0.15) is 47.1 Å². The molecule has 2 aromatic rings. The van der Waals surface area contributed by atoms with E-state index in [0.717, 1.165) is 5.56 Å². The summed E-state index contributed by atoms with van der Waals surface area (Å²) in [7, 11) is -3.94. The Bertz CT molecular complexity index is 1080. The first kappa shape index (κ1) is 28.6. The lowest BCUT2D eigenvalue weighted by molar-refractivity contribution is 0.0636. The molecule has 1 amide bonds. The minimum Gasteiger partial charge on any atom is -0.444 e. The van der Waals surface area contributed by atoms with Gasteiger partial charge >= 0.3 is 6.09 Å². The Morgan fingerprint density at radius 2 is 1.71 bits per heavy atom. The van der Waals surface area contributed by atoms with Crippen LogP contribution in [0.4, 0.5) is 16.2 Å². The first-order valence-electron chi connectivity index (χ1n) is 11.8. The monoisotopic (exact) mass is 505 g/mol. The summed E-state index contributed by atoms with van der Waals surface area (Å²) >= 11 is 0. The normalized spacial score (nSPS) is 14.1. The van der Waals surface area contributed by atoms with E-state index in [4.69, 9.17) is 10.5 Å². The number of carbonyl (C=O) groups excluding carboxylic acids is 1. The Kier molecular flexibility index (Phi) is 9.71. The van der Waals surface area contributed by atoms with Crippen LogP contribution >= 0.6 is 0 Å². The molecule has 2 atom stereocenters. The van der Waals surface area contributed by atoms with Crippen LogP contribution < -0.4 is 11.1 Å². The highest BCUT2D eigenvalue weighted by Crippen LogP contribution is 2.27. The van der Waals surface area contributed by atoms with E-state index in [-0.39, 0.29) is 41.2 Å². The predicted molar refractivity (Wildman–Crippen MR) is 140 cm³/mol. The lowest BCUT2D eigenvalue weighted by Crippen LogP contribution is -2.42. The summed E-state index contributed by atoms with van der Waals surface area (Å²) in [6.45, 7) is 11.2. The second kappa shape index (κ2) is 11.9. The average molecular weight is 506 g/mol. The zero-order chi connectivity index (χ0) is 26.4. The molecule has 0 spiro atoms. The number of hydrogen-bond acceptors (Lipinski definition) is 6. The molecule has 0 heterocycles. The van der Waals surface area contributed by atoms with E-state index in [2.05, 4.69) is 5.32 Å².